The topological polar surface area (TPSA) is 82.9 Å². The number of ether oxygens (including phenoxy) is 1. The summed E-state index contributed by atoms with van der Waals surface area (Å²) in [5.41, 5.74) is 1.33. The number of carbonyl (C=O) groups is 1. The Morgan fingerprint density at radius 1 is 1.31 bits per heavy atom. The fourth-order valence-corrected chi connectivity index (χ4v) is 3.42. The minimum Gasteiger partial charge on any atom is -0.444 e. The van der Waals surface area contributed by atoms with E-state index in [1.165, 1.54) is 4.52 Å². The predicted octanol–water partition coefficient (Wildman–Crippen LogP) is 2.40. The summed E-state index contributed by atoms with van der Waals surface area (Å²) >= 11 is 3.35. The maximum atomic E-state index is 12.9. The molecule has 0 unspecified atom stereocenters. The fraction of sp³-hybridized carbons (Fsp3) is 0.588. The van der Waals surface area contributed by atoms with Crippen LogP contribution in [0.2, 0.25) is 0 Å². The van der Waals surface area contributed by atoms with Crippen LogP contribution in [-0.4, -0.2) is 57.4 Å². The van der Waals surface area contributed by atoms with E-state index in [0.717, 1.165) is 5.69 Å². The van der Waals surface area contributed by atoms with Crippen LogP contribution in [0.15, 0.2) is 15.5 Å². The van der Waals surface area contributed by atoms with Crippen molar-refractivity contribution < 1.29 is 9.53 Å². The van der Waals surface area contributed by atoms with Gasteiger partial charge in [-0.05, 0) is 43.1 Å². The molecule has 3 heterocycles. The van der Waals surface area contributed by atoms with Crippen molar-refractivity contribution >= 4 is 33.4 Å². The molecule has 142 valence electrons. The van der Waals surface area contributed by atoms with Crippen molar-refractivity contribution in [2.75, 3.05) is 31.1 Å². The third-order valence-electron chi connectivity index (χ3n) is 4.21. The van der Waals surface area contributed by atoms with Gasteiger partial charge in [0.25, 0.3) is 5.56 Å². The summed E-state index contributed by atoms with van der Waals surface area (Å²) in [6, 6.07) is 1.78. The number of nitrogens with zero attached hydrogens (tertiary/aromatic N) is 4. The second-order valence-corrected chi connectivity index (χ2v) is 8.17. The molecule has 1 amide bonds. The molecule has 0 aliphatic carbocycles. The van der Waals surface area contributed by atoms with E-state index in [1.807, 2.05) is 32.6 Å². The lowest BCUT2D eigenvalue weighted by molar-refractivity contribution is 0.0240. The number of nitrogens with one attached hydrogen (secondary N) is 1. The number of hydrogen-bond donors (Lipinski definition) is 1. The zero-order chi connectivity index (χ0) is 19.1. The van der Waals surface area contributed by atoms with Crippen LogP contribution in [0.25, 0.3) is 5.65 Å². The summed E-state index contributed by atoms with van der Waals surface area (Å²) in [4.78, 5) is 33.5. The van der Waals surface area contributed by atoms with Gasteiger partial charge in [0.2, 0.25) is 0 Å². The highest BCUT2D eigenvalue weighted by atomic mass is 79.9. The van der Waals surface area contributed by atoms with Crippen LogP contribution in [0, 0.1) is 0 Å². The van der Waals surface area contributed by atoms with E-state index < -0.39 is 5.60 Å². The Morgan fingerprint density at radius 3 is 2.54 bits per heavy atom. The first-order valence-electron chi connectivity index (χ1n) is 8.72. The van der Waals surface area contributed by atoms with Gasteiger partial charge in [-0.3, -0.25) is 9.89 Å². The number of aromatic amines is 1. The standard InChI is InChI=1S/C17H24BrN5O3/c1-5-11-14(15(24)23-13(19-11)10-12(18)20-23)21-6-8-22(9-7-21)16(25)26-17(2,3)4/h10,20H,5-9H2,1-4H3. The highest BCUT2D eigenvalue weighted by molar-refractivity contribution is 9.10. The van der Waals surface area contributed by atoms with Crippen molar-refractivity contribution in [2.45, 2.75) is 39.7 Å². The number of carbonyl (C=O) groups excluding carboxylic acids is 1. The molecule has 1 fully saturated rings. The van der Waals surface area contributed by atoms with Crippen molar-refractivity contribution in [3.63, 3.8) is 0 Å². The molecule has 1 aliphatic rings. The Balaban J connectivity index is 1.82. The van der Waals surface area contributed by atoms with Gasteiger partial charge < -0.3 is 14.5 Å². The molecule has 0 saturated carbocycles. The lowest BCUT2D eigenvalue weighted by atomic mass is 10.2. The Kier molecular flexibility index (Phi) is 5.01. The average molecular weight is 426 g/mol. The van der Waals surface area contributed by atoms with Crippen LogP contribution in [-0.2, 0) is 11.2 Å². The highest BCUT2D eigenvalue weighted by Crippen LogP contribution is 2.20. The maximum Gasteiger partial charge on any atom is 0.410 e. The van der Waals surface area contributed by atoms with Gasteiger partial charge in [-0.25, -0.2) is 9.78 Å². The summed E-state index contributed by atoms with van der Waals surface area (Å²) in [6.07, 6.45) is 0.349. The molecule has 1 N–H and O–H groups in total. The molecule has 9 heteroatoms. The van der Waals surface area contributed by atoms with E-state index >= 15 is 0 Å². The first-order chi connectivity index (χ1) is 12.2. The molecule has 26 heavy (non-hydrogen) atoms. The van der Waals surface area contributed by atoms with Crippen LogP contribution >= 0.6 is 15.9 Å². The van der Waals surface area contributed by atoms with Crippen LogP contribution < -0.4 is 10.5 Å². The molecule has 0 aromatic carbocycles. The van der Waals surface area contributed by atoms with E-state index in [-0.39, 0.29) is 11.7 Å². The molecule has 2 aromatic rings. The van der Waals surface area contributed by atoms with Gasteiger partial charge in [-0.15, -0.1) is 0 Å². The molecule has 1 saturated heterocycles. The van der Waals surface area contributed by atoms with Gasteiger partial charge in [0.1, 0.15) is 15.9 Å². The molecule has 3 rings (SSSR count). The summed E-state index contributed by atoms with van der Waals surface area (Å²) in [6.45, 7) is 9.69. The fourth-order valence-electron chi connectivity index (χ4n) is 3.04. The number of halogens is 1. The smallest absolute Gasteiger partial charge is 0.410 e. The molecular formula is C17H24BrN5O3. The summed E-state index contributed by atoms with van der Waals surface area (Å²) < 4.78 is 7.58. The van der Waals surface area contributed by atoms with Crippen molar-refractivity contribution in [3.05, 3.63) is 26.7 Å². The monoisotopic (exact) mass is 425 g/mol. The second kappa shape index (κ2) is 6.94. The summed E-state index contributed by atoms with van der Waals surface area (Å²) in [5.74, 6) is 0. The molecule has 8 nitrogen and oxygen atoms in total. The molecule has 0 bridgehead atoms. The molecule has 0 atom stereocenters. The van der Waals surface area contributed by atoms with Crippen molar-refractivity contribution in [3.8, 4) is 0 Å². The van der Waals surface area contributed by atoms with Gasteiger partial charge in [-0.2, -0.15) is 4.52 Å². The van der Waals surface area contributed by atoms with E-state index in [4.69, 9.17) is 4.74 Å². The lowest BCUT2D eigenvalue weighted by Crippen LogP contribution is -2.51. The molecule has 0 radical (unpaired) electrons. The van der Waals surface area contributed by atoms with E-state index in [1.54, 1.807) is 11.0 Å². The van der Waals surface area contributed by atoms with Crippen LogP contribution in [0.5, 0.6) is 0 Å². The van der Waals surface area contributed by atoms with Crippen LogP contribution in [0.4, 0.5) is 10.5 Å². The summed E-state index contributed by atoms with van der Waals surface area (Å²) in [5, 5.41) is 2.96. The largest absolute Gasteiger partial charge is 0.444 e. The lowest BCUT2D eigenvalue weighted by Gasteiger charge is -2.36. The minimum atomic E-state index is -0.515. The first-order valence-corrected chi connectivity index (χ1v) is 9.52. The molecule has 1 aliphatic heterocycles. The zero-order valence-corrected chi connectivity index (χ0v) is 17.1. The molecular weight excluding hydrogens is 402 g/mol. The molecule has 2 aromatic heterocycles. The van der Waals surface area contributed by atoms with Gasteiger partial charge in [0, 0.05) is 32.2 Å². The third kappa shape index (κ3) is 3.72. The van der Waals surface area contributed by atoms with E-state index in [9.17, 15) is 9.59 Å². The number of fused-ring (bicyclic) bond motifs is 1. The first kappa shape index (κ1) is 18.8. The van der Waals surface area contributed by atoms with Crippen LogP contribution in [0.3, 0.4) is 0 Å². The number of hydrogen-bond acceptors (Lipinski definition) is 5. The van der Waals surface area contributed by atoms with Crippen molar-refractivity contribution in [1.29, 1.82) is 0 Å². The second-order valence-electron chi connectivity index (χ2n) is 7.32. The minimum absolute atomic E-state index is 0.122. The average Bonchev–Trinajstić information content (AvgIpc) is 2.94. The Morgan fingerprint density at radius 2 is 1.96 bits per heavy atom. The van der Waals surface area contributed by atoms with Crippen molar-refractivity contribution in [1.82, 2.24) is 19.5 Å². The number of H-pyrrole nitrogens is 1. The van der Waals surface area contributed by atoms with E-state index in [0.29, 0.717) is 48.5 Å². The molecule has 0 spiro atoms. The highest BCUT2D eigenvalue weighted by Gasteiger charge is 2.28. The number of amides is 1. The number of anilines is 1. The maximum absolute atomic E-state index is 12.9. The Labute approximate surface area is 160 Å². The third-order valence-corrected chi connectivity index (χ3v) is 4.62. The Hall–Kier alpha value is -2.03. The van der Waals surface area contributed by atoms with Gasteiger partial charge in [-0.1, -0.05) is 6.92 Å². The number of aromatic nitrogens is 3. The van der Waals surface area contributed by atoms with E-state index in [2.05, 4.69) is 26.0 Å². The SMILES string of the molecule is CCc1nc2cc(Br)[nH]n2c(=O)c1N1CCN(C(=O)OC(C)(C)C)CC1. The number of rotatable bonds is 2. The van der Waals surface area contributed by atoms with Crippen molar-refractivity contribution in [2.24, 2.45) is 0 Å². The zero-order valence-electron chi connectivity index (χ0n) is 15.5. The van der Waals surface area contributed by atoms with Gasteiger partial charge in [0.05, 0.1) is 5.69 Å². The van der Waals surface area contributed by atoms with Crippen LogP contribution in [0.1, 0.15) is 33.4 Å². The Bertz CT molecular complexity index is 875. The number of piperazine rings is 1. The van der Waals surface area contributed by atoms with Gasteiger partial charge in [0.15, 0.2) is 5.65 Å². The normalized spacial score (nSPS) is 15.6. The van der Waals surface area contributed by atoms with Gasteiger partial charge >= 0.3 is 6.09 Å². The number of aryl methyl sites for hydroxylation is 1. The summed E-state index contributed by atoms with van der Waals surface area (Å²) in [7, 11) is 0. The predicted molar refractivity (Wildman–Crippen MR) is 103 cm³/mol. The quantitative estimate of drug-likeness (QED) is 0.798.